The van der Waals surface area contributed by atoms with E-state index in [1.807, 2.05) is 30.3 Å². The van der Waals surface area contributed by atoms with E-state index < -0.39 is 5.41 Å². The number of carbonyl (C=O) groups excluding carboxylic acids is 1. The third-order valence-electron chi connectivity index (χ3n) is 5.04. The normalized spacial score (nSPS) is 23.1. The highest BCUT2D eigenvalue weighted by atomic mass is 16.5. The number of rotatable bonds is 9. The summed E-state index contributed by atoms with van der Waals surface area (Å²) < 4.78 is 11.0. The molecule has 0 aliphatic heterocycles. The number of ether oxygens (including phenoxy) is 2. The van der Waals surface area contributed by atoms with E-state index in [1.54, 1.807) is 7.11 Å². The van der Waals surface area contributed by atoms with Crippen molar-refractivity contribution in [2.45, 2.75) is 51.6 Å². The number of esters is 1. The molecule has 0 saturated heterocycles. The maximum Gasteiger partial charge on any atom is 0.316 e. The lowest BCUT2D eigenvalue weighted by Crippen LogP contribution is -2.40. The minimum atomic E-state index is -0.516. The summed E-state index contributed by atoms with van der Waals surface area (Å²) in [6.45, 7) is 10.5. The lowest BCUT2D eigenvalue weighted by Gasteiger charge is -2.30. The fraction of sp³-hybridized carbons (Fsp3) is 0.650. The summed E-state index contributed by atoms with van der Waals surface area (Å²) in [4.78, 5) is 15.2. The Morgan fingerprint density at radius 3 is 2.38 bits per heavy atom. The van der Waals surface area contributed by atoms with Gasteiger partial charge in [-0.2, -0.15) is 0 Å². The average molecular weight is 333 g/mol. The topological polar surface area (TPSA) is 38.8 Å². The van der Waals surface area contributed by atoms with Crippen LogP contribution in [0.3, 0.4) is 0 Å². The summed E-state index contributed by atoms with van der Waals surface area (Å²) in [6.07, 6.45) is 0.807. The number of carbonyl (C=O) groups is 1. The van der Waals surface area contributed by atoms with Gasteiger partial charge in [0.15, 0.2) is 0 Å². The Balaban J connectivity index is 2.00. The molecule has 1 aromatic carbocycles. The zero-order chi connectivity index (χ0) is 17.7. The van der Waals surface area contributed by atoms with Crippen LogP contribution in [0.4, 0.5) is 0 Å². The standard InChI is InChI=1S/C20H31NO3/c1-15(2)21(16(3)4)11-12-24-19(22)20(13-18(20)14-23-5)17-9-7-6-8-10-17/h6-10,15-16,18H,11-14H2,1-5H3/t18-,20+/m1/s1. The Kier molecular flexibility index (Phi) is 6.41. The molecule has 0 N–H and O–H groups in total. The first-order valence-corrected chi connectivity index (χ1v) is 8.91. The van der Waals surface area contributed by atoms with Crippen molar-refractivity contribution in [3.63, 3.8) is 0 Å². The van der Waals surface area contributed by atoms with E-state index >= 15 is 0 Å². The van der Waals surface area contributed by atoms with E-state index in [0.717, 1.165) is 18.5 Å². The average Bonchev–Trinajstić information content (AvgIpc) is 3.27. The molecule has 1 saturated carbocycles. The van der Waals surface area contributed by atoms with Gasteiger partial charge in [-0.3, -0.25) is 9.69 Å². The summed E-state index contributed by atoms with van der Waals surface area (Å²) in [6, 6.07) is 10.8. The molecule has 0 bridgehead atoms. The Hall–Kier alpha value is -1.39. The van der Waals surface area contributed by atoms with Crippen LogP contribution in [0.2, 0.25) is 0 Å². The molecule has 2 atom stereocenters. The van der Waals surface area contributed by atoms with Gasteiger partial charge in [-0.1, -0.05) is 30.3 Å². The summed E-state index contributed by atoms with van der Waals surface area (Å²) in [5.74, 6) is 0.104. The monoisotopic (exact) mass is 333 g/mol. The van der Waals surface area contributed by atoms with Crippen LogP contribution in [-0.4, -0.2) is 49.8 Å². The Morgan fingerprint density at radius 1 is 1.21 bits per heavy atom. The van der Waals surface area contributed by atoms with Crippen molar-refractivity contribution >= 4 is 5.97 Å². The van der Waals surface area contributed by atoms with Crippen molar-refractivity contribution in [2.24, 2.45) is 5.92 Å². The van der Waals surface area contributed by atoms with Crippen molar-refractivity contribution in [2.75, 3.05) is 26.9 Å². The first kappa shape index (κ1) is 18.9. The second kappa shape index (κ2) is 8.13. The second-order valence-electron chi connectivity index (χ2n) is 7.26. The maximum atomic E-state index is 12.8. The molecule has 4 heteroatoms. The molecule has 1 fully saturated rings. The lowest BCUT2D eigenvalue weighted by atomic mass is 9.93. The van der Waals surface area contributed by atoms with Crippen molar-refractivity contribution in [1.82, 2.24) is 4.90 Å². The molecule has 0 spiro atoms. The second-order valence-corrected chi connectivity index (χ2v) is 7.26. The van der Waals surface area contributed by atoms with E-state index in [9.17, 15) is 4.79 Å². The van der Waals surface area contributed by atoms with Crippen LogP contribution >= 0.6 is 0 Å². The number of methoxy groups -OCH3 is 1. The van der Waals surface area contributed by atoms with Gasteiger partial charge in [0, 0.05) is 31.7 Å². The van der Waals surface area contributed by atoms with Crippen LogP contribution in [0, 0.1) is 5.92 Å². The summed E-state index contributed by atoms with van der Waals surface area (Å²) >= 11 is 0. The van der Waals surface area contributed by atoms with Crippen LogP contribution in [0.15, 0.2) is 30.3 Å². The third kappa shape index (κ3) is 3.98. The number of nitrogens with zero attached hydrogens (tertiary/aromatic N) is 1. The number of benzene rings is 1. The minimum Gasteiger partial charge on any atom is -0.464 e. The minimum absolute atomic E-state index is 0.108. The fourth-order valence-corrected chi connectivity index (χ4v) is 3.67. The highest BCUT2D eigenvalue weighted by Crippen LogP contribution is 2.55. The molecule has 0 amide bonds. The molecule has 0 unspecified atom stereocenters. The maximum absolute atomic E-state index is 12.8. The largest absolute Gasteiger partial charge is 0.464 e. The molecule has 1 aromatic rings. The molecular formula is C20H31NO3. The van der Waals surface area contributed by atoms with Gasteiger partial charge in [0.1, 0.15) is 6.61 Å². The smallest absolute Gasteiger partial charge is 0.316 e. The van der Waals surface area contributed by atoms with Gasteiger partial charge in [0.2, 0.25) is 0 Å². The quantitative estimate of drug-likeness (QED) is 0.650. The van der Waals surface area contributed by atoms with Gasteiger partial charge in [0.05, 0.1) is 12.0 Å². The Labute approximate surface area is 146 Å². The fourth-order valence-electron chi connectivity index (χ4n) is 3.67. The lowest BCUT2D eigenvalue weighted by molar-refractivity contribution is -0.148. The molecule has 134 valence electrons. The molecule has 0 heterocycles. The SMILES string of the molecule is COC[C@H]1C[C@]1(C(=O)OCCN(C(C)C)C(C)C)c1ccccc1. The summed E-state index contributed by atoms with van der Waals surface area (Å²) in [5, 5.41) is 0. The Morgan fingerprint density at radius 2 is 1.83 bits per heavy atom. The molecule has 1 aliphatic carbocycles. The van der Waals surface area contributed by atoms with Crippen molar-refractivity contribution in [1.29, 1.82) is 0 Å². The van der Waals surface area contributed by atoms with E-state index in [4.69, 9.17) is 9.47 Å². The van der Waals surface area contributed by atoms with E-state index in [0.29, 0.717) is 25.3 Å². The van der Waals surface area contributed by atoms with Crippen LogP contribution in [0.5, 0.6) is 0 Å². The number of hydrogen-bond donors (Lipinski definition) is 0. The van der Waals surface area contributed by atoms with Crippen LogP contribution in [0.1, 0.15) is 39.7 Å². The van der Waals surface area contributed by atoms with Gasteiger partial charge >= 0.3 is 5.97 Å². The van der Waals surface area contributed by atoms with Gasteiger partial charge in [-0.05, 0) is 39.7 Å². The van der Waals surface area contributed by atoms with E-state index in [1.165, 1.54) is 0 Å². The summed E-state index contributed by atoms with van der Waals surface area (Å²) in [7, 11) is 1.68. The van der Waals surface area contributed by atoms with Gasteiger partial charge in [-0.25, -0.2) is 0 Å². The first-order chi connectivity index (χ1) is 11.4. The van der Waals surface area contributed by atoms with Crippen LogP contribution < -0.4 is 0 Å². The molecule has 0 radical (unpaired) electrons. The first-order valence-electron chi connectivity index (χ1n) is 8.91. The van der Waals surface area contributed by atoms with Crippen molar-refractivity contribution < 1.29 is 14.3 Å². The van der Waals surface area contributed by atoms with Crippen molar-refractivity contribution in [3.8, 4) is 0 Å². The predicted molar refractivity (Wildman–Crippen MR) is 96.0 cm³/mol. The third-order valence-corrected chi connectivity index (χ3v) is 5.04. The Bertz CT molecular complexity index is 521. The highest BCUT2D eigenvalue weighted by Gasteiger charge is 2.62. The molecule has 4 nitrogen and oxygen atoms in total. The molecule has 0 aromatic heterocycles. The highest BCUT2D eigenvalue weighted by molar-refractivity contribution is 5.87. The van der Waals surface area contributed by atoms with Crippen LogP contribution in [-0.2, 0) is 19.7 Å². The molecule has 2 rings (SSSR count). The van der Waals surface area contributed by atoms with Gasteiger partial charge in [0.25, 0.3) is 0 Å². The molecule has 24 heavy (non-hydrogen) atoms. The molecule has 1 aliphatic rings. The predicted octanol–water partition coefficient (Wildman–Crippen LogP) is 3.25. The van der Waals surface area contributed by atoms with E-state index in [2.05, 4.69) is 32.6 Å². The van der Waals surface area contributed by atoms with Gasteiger partial charge in [-0.15, -0.1) is 0 Å². The zero-order valence-electron chi connectivity index (χ0n) is 15.6. The van der Waals surface area contributed by atoms with Crippen LogP contribution in [0.25, 0.3) is 0 Å². The summed E-state index contributed by atoms with van der Waals surface area (Å²) in [5.41, 5.74) is 0.527. The molecular weight excluding hydrogens is 302 g/mol. The zero-order valence-corrected chi connectivity index (χ0v) is 15.6. The van der Waals surface area contributed by atoms with Crippen molar-refractivity contribution in [3.05, 3.63) is 35.9 Å². The number of hydrogen-bond acceptors (Lipinski definition) is 4. The van der Waals surface area contributed by atoms with E-state index in [-0.39, 0.29) is 11.9 Å². The van der Waals surface area contributed by atoms with Gasteiger partial charge < -0.3 is 9.47 Å².